The number of rotatable bonds is 9. The van der Waals surface area contributed by atoms with Gasteiger partial charge >= 0.3 is 5.97 Å². The number of carbonyl (C=O) groups is 2. The molecule has 5 aromatic rings. The molecule has 5 rings (SSSR count). The summed E-state index contributed by atoms with van der Waals surface area (Å²) in [5.74, 6) is -0.954. The van der Waals surface area contributed by atoms with Gasteiger partial charge in [-0.05, 0) is 23.8 Å². The maximum absolute atomic E-state index is 13.5. The third-order valence-corrected chi connectivity index (χ3v) is 6.52. The zero-order valence-corrected chi connectivity index (χ0v) is 23.0. The molecule has 12 nitrogen and oxygen atoms in total. The molecule has 14 heteroatoms. The lowest BCUT2D eigenvalue weighted by atomic mass is 10.0. The maximum Gasteiger partial charge on any atom is 0.327 e. The van der Waals surface area contributed by atoms with E-state index in [1.54, 1.807) is 18.2 Å². The van der Waals surface area contributed by atoms with Crippen LogP contribution in [-0.2, 0) is 27.3 Å². The van der Waals surface area contributed by atoms with E-state index in [2.05, 4.69) is 30.4 Å². The van der Waals surface area contributed by atoms with Crippen molar-refractivity contribution in [2.45, 2.75) is 19.0 Å². The minimum absolute atomic E-state index is 0.114. The van der Waals surface area contributed by atoms with E-state index in [-0.39, 0.29) is 18.1 Å². The van der Waals surface area contributed by atoms with Gasteiger partial charge in [-0.25, -0.2) is 9.67 Å². The van der Waals surface area contributed by atoms with Crippen molar-refractivity contribution in [3.05, 3.63) is 106 Å². The van der Waals surface area contributed by atoms with Crippen LogP contribution in [0.5, 0.6) is 0 Å². The zero-order valence-electron chi connectivity index (χ0n) is 21.5. The van der Waals surface area contributed by atoms with Gasteiger partial charge in [0.25, 0.3) is 5.56 Å². The number of benzene rings is 2. The van der Waals surface area contributed by atoms with E-state index >= 15 is 0 Å². The summed E-state index contributed by atoms with van der Waals surface area (Å²) in [6.45, 7) is -0.114. The molecule has 1 amide bonds. The number of methoxy groups -OCH3 is 1. The van der Waals surface area contributed by atoms with Gasteiger partial charge < -0.3 is 10.1 Å². The highest BCUT2D eigenvalue weighted by molar-refractivity contribution is 6.31. The molecule has 208 valence electrons. The van der Waals surface area contributed by atoms with Gasteiger partial charge in [0, 0.05) is 29.3 Å². The molecule has 3 aromatic heterocycles. The normalized spacial score (nSPS) is 11.7. The van der Waals surface area contributed by atoms with Crippen molar-refractivity contribution in [2.24, 2.45) is 0 Å². The summed E-state index contributed by atoms with van der Waals surface area (Å²) in [4.78, 5) is 43.1. The van der Waals surface area contributed by atoms with E-state index in [0.29, 0.717) is 27.7 Å². The number of nitrogens with one attached hydrogen (secondary N) is 1. The Bertz CT molecular complexity index is 1770. The fourth-order valence-electron chi connectivity index (χ4n) is 4.16. The number of hydrogen-bond donors (Lipinski definition) is 1. The summed E-state index contributed by atoms with van der Waals surface area (Å²) in [5, 5.41) is 15.3. The number of anilines is 1. The first-order valence-corrected chi connectivity index (χ1v) is 13.0. The van der Waals surface area contributed by atoms with Crippen LogP contribution in [0, 0.1) is 0 Å². The second kappa shape index (κ2) is 12.1. The maximum atomic E-state index is 13.5. The topological polar surface area (TPSA) is 139 Å². The molecule has 0 saturated carbocycles. The van der Waals surface area contributed by atoms with E-state index < -0.39 is 23.5 Å². The smallest absolute Gasteiger partial charge is 0.327 e. The Morgan fingerprint density at radius 3 is 2.59 bits per heavy atom. The summed E-state index contributed by atoms with van der Waals surface area (Å²) in [6.07, 6.45) is 5.95. The first kappa shape index (κ1) is 27.7. The Morgan fingerprint density at radius 2 is 1.88 bits per heavy atom. The average molecular weight is 593 g/mol. The second-order valence-electron chi connectivity index (χ2n) is 8.86. The van der Waals surface area contributed by atoms with E-state index in [1.165, 1.54) is 52.0 Å². The van der Waals surface area contributed by atoms with Gasteiger partial charge in [-0.1, -0.05) is 58.7 Å². The third-order valence-electron chi connectivity index (χ3n) is 6.11. The van der Waals surface area contributed by atoms with Crippen LogP contribution >= 0.6 is 23.2 Å². The SMILES string of the molecule is COC(=O)Cn1cc(NC(=O)C(Cc2ccccc2)n2cnc(-c3cc(Cl)ccc3-n3cc(Cl)nn3)cc2=O)cn1. The fraction of sp³-hybridized carbons (Fsp3) is 0.148. The Morgan fingerprint density at radius 1 is 1.07 bits per heavy atom. The molecule has 1 N–H and O–H groups in total. The molecule has 3 heterocycles. The standard InChI is InChI=1S/C27H22Cl2N8O4/c1-41-26(39)15-35-13-19(12-31-35)32-27(40)23(9-17-5-3-2-4-6-17)36-16-30-21(11-25(36)38)20-10-18(28)7-8-22(20)37-14-24(29)33-34-37/h2-8,10-14,16,23H,9,15H2,1H3,(H,32,40). The minimum atomic E-state index is -0.955. The van der Waals surface area contributed by atoms with Crippen molar-refractivity contribution in [3.8, 4) is 16.9 Å². The largest absolute Gasteiger partial charge is 0.468 e. The Hall–Kier alpha value is -4.81. The van der Waals surface area contributed by atoms with Crippen molar-refractivity contribution in [1.82, 2.24) is 34.3 Å². The lowest BCUT2D eigenvalue weighted by molar-refractivity contribution is -0.141. The summed E-state index contributed by atoms with van der Waals surface area (Å²) in [7, 11) is 1.27. The monoisotopic (exact) mass is 592 g/mol. The van der Waals surface area contributed by atoms with Crippen molar-refractivity contribution < 1.29 is 14.3 Å². The van der Waals surface area contributed by atoms with E-state index in [1.807, 2.05) is 30.3 Å². The van der Waals surface area contributed by atoms with Gasteiger partial charge in [-0.3, -0.25) is 23.6 Å². The average Bonchev–Trinajstić information content (AvgIpc) is 3.60. The van der Waals surface area contributed by atoms with Crippen molar-refractivity contribution in [3.63, 3.8) is 0 Å². The molecule has 0 aliphatic carbocycles. The molecular weight excluding hydrogens is 571 g/mol. The molecule has 1 unspecified atom stereocenters. The first-order chi connectivity index (χ1) is 19.8. The number of halogens is 2. The van der Waals surface area contributed by atoms with Gasteiger partial charge in [0.1, 0.15) is 12.6 Å². The third kappa shape index (κ3) is 6.51. The lowest BCUT2D eigenvalue weighted by Gasteiger charge is -2.19. The number of aromatic nitrogens is 7. The van der Waals surface area contributed by atoms with E-state index in [4.69, 9.17) is 23.2 Å². The first-order valence-electron chi connectivity index (χ1n) is 12.2. The molecule has 0 spiro atoms. The Balaban J connectivity index is 1.48. The molecule has 0 saturated heterocycles. The highest BCUT2D eigenvalue weighted by Gasteiger charge is 2.24. The number of carbonyl (C=O) groups excluding carboxylic acids is 2. The summed E-state index contributed by atoms with van der Waals surface area (Å²) < 4.78 is 8.70. The highest BCUT2D eigenvalue weighted by Crippen LogP contribution is 2.28. The minimum Gasteiger partial charge on any atom is -0.468 e. The number of esters is 1. The van der Waals surface area contributed by atoms with Crippen LogP contribution in [0.15, 0.2) is 84.3 Å². The van der Waals surface area contributed by atoms with Crippen molar-refractivity contribution in [2.75, 3.05) is 12.4 Å². The summed E-state index contributed by atoms with van der Waals surface area (Å²) in [5.41, 5.74) is 2.12. The van der Waals surface area contributed by atoms with Crippen LogP contribution in [0.4, 0.5) is 5.69 Å². The number of hydrogen-bond acceptors (Lipinski definition) is 8. The fourth-order valence-corrected chi connectivity index (χ4v) is 4.46. The van der Waals surface area contributed by atoms with E-state index in [0.717, 1.165) is 5.56 Å². The predicted molar refractivity (Wildman–Crippen MR) is 151 cm³/mol. The van der Waals surface area contributed by atoms with Gasteiger partial charge in [0.05, 0.1) is 42.9 Å². The molecule has 0 fully saturated rings. The Kier molecular flexibility index (Phi) is 8.22. The van der Waals surface area contributed by atoms with Gasteiger partial charge in [-0.2, -0.15) is 5.10 Å². The van der Waals surface area contributed by atoms with Crippen LogP contribution < -0.4 is 10.9 Å². The van der Waals surface area contributed by atoms with Crippen LogP contribution in [-0.4, -0.2) is 53.3 Å². The summed E-state index contributed by atoms with van der Waals surface area (Å²) in [6, 6.07) is 14.7. The van der Waals surface area contributed by atoms with Crippen molar-refractivity contribution in [1.29, 1.82) is 0 Å². The predicted octanol–water partition coefficient (Wildman–Crippen LogP) is 3.59. The number of amides is 1. The molecule has 0 radical (unpaired) electrons. The van der Waals surface area contributed by atoms with Crippen LogP contribution in [0.2, 0.25) is 10.2 Å². The number of ether oxygens (including phenoxy) is 1. The molecule has 0 bridgehead atoms. The number of nitrogens with zero attached hydrogens (tertiary/aromatic N) is 7. The van der Waals surface area contributed by atoms with Crippen LogP contribution in [0.25, 0.3) is 16.9 Å². The quantitative estimate of drug-likeness (QED) is 0.256. The molecule has 0 aliphatic rings. The second-order valence-corrected chi connectivity index (χ2v) is 9.69. The van der Waals surface area contributed by atoms with Gasteiger partial charge in [0.2, 0.25) is 5.91 Å². The molecule has 2 aromatic carbocycles. The highest BCUT2D eigenvalue weighted by atomic mass is 35.5. The molecule has 0 aliphatic heterocycles. The van der Waals surface area contributed by atoms with Gasteiger partial charge in [-0.15, -0.1) is 5.10 Å². The van der Waals surface area contributed by atoms with E-state index in [9.17, 15) is 14.4 Å². The Labute approximate surface area is 243 Å². The van der Waals surface area contributed by atoms with Gasteiger partial charge in [0.15, 0.2) is 5.15 Å². The van der Waals surface area contributed by atoms with Crippen molar-refractivity contribution >= 4 is 40.8 Å². The summed E-state index contributed by atoms with van der Waals surface area (Å²) >= 11 is 12.2. The lowest BCUT2D eigenvalue weighted by Crippen LogP contribution is -2.34. The molecular formula is C27H22Cl2N8O4. The zero-order chi connectivity index (χ0) is 28.9. The molecule has 1 atom stereocenters. The van der Waals surface area contributed by atoms with Crippen LogP contribution in [0.1, 0.15) is 11.6 Å². The molecule has 41 heavy (non-hydrogen) atoms. The van der Waals surface area contributed by atoms with Crippen LogP contribution in [0.3, 0.4) is 0 Å².